The molecule has 0 unspecified atom stereocenters. The number of nitrogens with one attached hydrogen (secondary N) is 1. The second kappa shape index (κ2) is 9.67. The normalized spacial score (nSPS) is 10.7. The summed E-state index contributed by atoms with van der Waals surface area (Å²) < 4.78 is 14.5. The Balaban J connectivity index is 1.53. The van der Waals surface area contributed by atoms with Gasteiger partial charge < -0.3 is 19.0 Å². The average Bonchev–Trinajstić information content (AvgIpc) is 3.56. The van der Waals surface area contributed by atoms with Gasteiger partial charge in [-0.05, 0) is 43.7 Å². The zero-order chi connectivity index (χ0) is 23.4. The second-order valence-corrected chi connectivity index (χ2v) is 8.15. The largest absolute Gasteiger partial charge is 0.495 e. The first-order valence-electron chi connectivity index (χ1n) is 10.1. The van der Waals surface area contributed by atoms with Crippen LogP contribution in [0.4, 0.5) is 5.82 Å². The first kappa shape index (κ1) is 22.2. The Morgan fingerprint density at radius 1 is 1.27 bits per heavy atom. The fraction of sp³-hybridized carbons (Fsp3) is 0.217. The number of aromatic nitrogens is 4. The number of anilines is 1. The minimum Gasteiger partial charge on any atom is -0.495 e. The van der Waals surface area contributed by atoms with E-state index in [0.29, 0.717) is 28.8 Å². The van der Waals surface area contributed by atoms with Crippen molar-refractivity contribution in [3.63, 3.8) is 0 Å². The highest BCUT2D eigenvalue weighted by molar-refractivity contribution is 7.99. The monoisotopic (exact) mass is 462 g/mol. The maximum Gasteiger partial charge on any atom is 0.235 e. The number of para-hydroxylation sites is 2. The van der Waals surface area contributed by atoms with Crippen LogP contribution in [0.15, 0.2) is 58.6 Å². The first-order chi connectivity index (χ1) is 16.0. The molecule has 1 aromatic carbocycles. The number of carbonyl (C=O) groups excluding carboxylic acids is 1. The summed E-state index contributed by atoms with van der Waals surface area (Å²) >= 11 is 1.24. The molecular weight excluding hydrogens is 440 g/mol. The van der Waals surface area contributed by atoms with Gasteiger partial charge in [0.05, 0.1) is 36.9 Å². The van der Waals surface area contributed by atoms with Gasteiger partial charge in [0.2, 0.25) is 5.91 Å². The van der Waals surface area contributed by atoms with E-state index in [-0.39, 0.29) is 11.7 Å². The van der Waals surface area contributed by atoms with Gasteiger partial charge in [0.1, 0.15) is 29.7 Å². The van der Waals surface area contributed by atoms with E-state index in [1.54, 1.807) is 30.3 Å². The Hall–Kier alpha value is -3.97. The summed E-state index contributed by atoms with van der Waals surface area (Å²) in [5, 5.41) is 21.3. The number of carbonyl (C=O) groups is 1. The number of hydrogen-bond acceptors (Lipinski definition) is 7. The molecule has 0 fully saturated rings. The highest BCUT2D eigenvalue weighted by atomic mass is 32.2. The Kier molecular flexibility index (Phi) is 6.51. The molecule has 0 radical (unpaired) electrons. The van der Waals surface area contributed by atoms with Crippen molar-refractivity contribution in [2.45, 2.75) is 25.5 Å². The molecule has 3 heterocycles. The van der Waals surface area contributed by atoms with Crippen LogP contribution < -0.4 is 10.1 Å². The predicted octanol–water partition coefficient (Wildman–Crippen LogP) is 3.94. The van der Waals surface area contributed by atoms with Crippen LogP contribution in [0, 0.1) is 25.2 Å². The molecule has 0 spiro atoms. The van der Waals surface area contributed by atoms with Crippen molar-refractivity contribution in [2.24, 2.45) is 0 Å². The zero-order valence-corrected chi connectivity index (χ0v) is 19.2. The van der Waals surface area contributed by atoms with Crippen LogP contribution >= 0.6 is 11.8 Å². The molecule has 3 aromatic heterocycles. The fourth-order valence-electron chi connectivity index (χ4n) is 3.50. The molecule has 0 atom stereocenters. The molecule has 33 heavy (non-hydrogen) atoms. The van der Waals surface area contributed by atoms with Crippen molar-refractivity contribution in [1.82, 2.24) is 19.3 Å². The third-order valence-electron chi connectivity index (χ3n) is 5.29. The zero-order valence-electron chi connectivity index (χ0n) is 18.4. The summed E-state index contributed by atoms with van der Waals surface area (Å²) in [7, 11) is 1.60. The van der Waals surface area contributed by atoms with E-state index in [1.807, 2.05) is 48.7 Å². The van der Waals surface area contributed by atoms with E-state index in [4.69, 9.17) is 9.15 Å². The summed E-state index contributed by atoms with van der Waals surface area (Å²) in [5.41, 5.74) is 2.93. The van der Waals surface area contributed by atoms with Crippen molar-refractivity contribution in [2.75, 3.05) is 18.2 Å². The number of benzene rings is 1. The number of amides is 1. The number of hydrogen-bond donors (Lipinski definition) is 1. The van der Waals surface area contributed by atoms with Gasteiger partial charge in [0, 0.05) is 5.69 Å². The number of thioether (sulfide) groups is 1. The molecule has 0 aliphatic rings. The maximum absolute atomic E-state index is 12.9. The molecule has 10 heteroatoms. The van der Waals surface area contributed by atoms with E-state index >= 15 is 0 Å². The van der Waals surface area contributed by atoms with Crippen molar-refractivity contribution < 1.29 is 13.9 Å². The van der Waals surface area contributed by atoms with E-state index in [1.165, 1.54) is 11.8 Å². The quantitative estimate of drug-likeness (QED) is 0.395. The molecule has 0 aliphatic carbocycles. The highest BCUT2D eigenvalue weighted by Gasteiger charge is 2.21. The van der Waals surface area contributed by atoms with Crippen LogP contribution in [0.5, 0.6) is 5.75 Å². The molecule has 1 amide bonds. The Morgan fingerprint density at radius 3 is 2.82 bits per heavy atom. The lowest BCUT2D eigenvalue weighted by molar-refractivity contribution is -0.113. The topological polar surface area (TPSA) is 111 Å². The number of furan rings is 1. The van der Waals surface area contributed by atoms with Crippen molar-refractivity contribution in [3.8, 4) is 17.5 Å². The third-order valence-corrected chi connectivity index (χ3v) is 6.23. The van der Waals surface area contributed by atoms with Gasteiger partial charge >= 0.3 is 0 Å². The van der Waals surface area contributed by atoms with Gasteiger partial charge in [-0.1, -0.05) is 23.9 Å². The lowest BCUT2D eigenvalue weighted by Gasteiger charge is -2.12. The summed E-state index contributed by atoms with van der Waals surface area (Å²) in [4.78, 5) is 12.9. The Labute approximate surface area is 195 Å². The summed E-state index contributed by atoms with van der Waals surface area (Å²) in [6.07, 6.45) is 3.17. The predicted molar refractivity (Wildman–Crippen MR) is 124 cm³/mol. The second-order valence-electron chi connectivity index (χ2n) is 7.20. The third kappa shape index (κ3) is 4.49. The van der Waals surface area contributed by atoms with E-state index in [2.05, 4.69) is 21.6 Å². The number of ether oxygens (including phenoxy) is 1. The van der Waals surface area contributed by atoms with Crippen LogP contribution in [0.2, 0.25) is 0 Å². The van der Waals surface area contributed by atoms with Crippen LogP contribution in [0.3, 0.4) is 0 Å². The van der Waals surface area contributed by atoms with Crippen LogP contribution in [0.25, 0.3) is 5.69 Å². The minimum atomic E-state index is -0.260. The van der Waals surface area contributed by atoms with Crippen LogP contribution in [-0.4, -0.2) is 38.1 Å². The van der Waals surface area contributed by atoms with Gasteiger partial charge in [-0.2, -0.15) is 5.26 Å². The number of nitriles is 1. The molecule has 4 rings (SSSR count). The van der Waals surface area contributed by atoms with E-state index < -0.39 is 0 Å². The standard InChI is InChI=1S/C23H22N6O3S/c1-15-16(2)28(12-17-7-6-10-32-17)22(18(15)11-24)26-21(30)13-33-23-27-25-14-29(23)19-8-4-5-9-20(19)31-3/h4-10,14H,12-13H2,1-3H3,(H,26,30). The molecule has 0 aliphatic heterocycles. The molecule has 0 bridgehead atoms. The van der Waals surface area contributed by atoms with Crippen LogP contribution in [-0.2, 0) is 11.3 Å². The van der Waals surface area contributed by atoms with Crippen molar-refractivity contribution >= 4 is 23.5 Å². The average molecular weight is 463 g/mol. The summed E-state index contributed by atoms with van der Waals surface area (Å²) in [6, 6.07) is 13.4. The molecular formula is C23H22N6O3S. The van der Waals surface area contributed by atoms with Gasteiger partial charge in [0.15, 0.2) is 5.16 Å². The van der Waals surface area contributed by atoms with Crippen molar-refractivity contribution in [1.29, 1.82) is 5.26 Å². The Bertz CT molecular complexity index is 1320. The lowest BCUT2D eigenvalue weighted by Crippen LogP contribution is -2.18. The van der Waals surface area contributed by atoms with Gasteiger partial charge in [0.25, 0.3) is 0 Å². The Morgan fingerprint density at radius 2 is 2.09 bits per heavy atom. The highest BCUT2D eigenvalue weighted by Crippen LogP contribution is 2.29. The minimum absolute atomic E-state index is 0.0860. The van der Waals surface area contributed by atoms with E-state index in [9.17, 15) is 10.1 Å². The molecule has 4 aromatic rings. The first-order valence-corrected chi connectivity index (χ1v) is 11.1. The SMILES string of the molecule is COc1ccccc1-n1cnnc1SCC(=O)Nc1c(C#N)c(C)c(C)n1Cc1ccco1. The smallest absolute Gasteiger partial charge is 0.235 e. The van der Waals surface area contributed by atoms with Gasteiger partial charge in [-0.25, -0.2) is 0 Å². The molecule has 1 N–H and O–H groups in total. The van der Waals surface area contributed by atoms with E-state index in [0.717, 1.165) is 22.7 Å². The van der Waals surface area contributed by atoms with Crippen molar-refractivity contribution in [3.05, 3.63) is 71.6 Å². The molecule has 0 saturated carbocycles. The van der Waals surface area contributed by atoms with Gasteiger partial charge in [-0.3, -0.25) is 9.36 Å². The number of rotatable bonds is 8. The van der Waals surface area contributed by atoms with Gasteiger partial charge in [-0.15, -0.1) is 10.2 Å². The molecule has 168 valence electrons. The summed E-state index contributed by atoms with van der Waals surface area (Å²) in [5.74, 6) is 1.68. The fourth-order valence-corrected chi connectivity index (χ4v) is 4.22. The molecule has 0 saturated heterocycles. The molecule has 9 nitrogen and oxygen atoms in total. The number of methoxy groups -OCH3 is 1. The lowest BCUT2D eigenvalue weighted by atomic mass is 10.2. The van der Waals surface area contributed by atoms with Crippen LogP contribution in [0.1, 0.15) is 22.6 Å². The summed E-state index contributed by atoms with van der Waals surface area (Å²) in [6.45, 7) is 4.19. The number of nitrogens with zero attached hydrogens (tertiary/aromatic N) is 5. The maximum atomic E-state index is 12.9.